The molecule has 4 heteroatoms. The van der Waals surface area contributed by atoms with Crippen LogP contribution < -0.4 is 4.90 Å². The lowest BCUT2D eigenvalue weighted by molar-refractivity contribution is -0.122. The van der Waals surface area contributed by atoms with Gasteiger partial charge in [0, 0.05) is 16.3 Å². The Labute approximate surface area is 171 Å². The zero-order chi connectivity index (χ0) is 19.0. The summed E-state index contributed by atoms with van der Waals surface area (Å²) >= 11 is 3.46. The minimum Gasteiger partial charge on any atom is -0.274 e. The Balaban J connectivity index is 1.58. The quantitative estimate of drug-likeness (QED) is 0.518. The molecule has 1 heterocycles. The van der Waals surface area contributed by atoms with Gasteiger partial charge in [-0.3, -0.25) is 9.59 Å². The summed E-state index contributed by atoms with van der Waals surface area (Å²) in [4.78, 5) is 28.5. The summed E-state index contributed by atoms with van der Waals surface area (Å²) in [6, 6.07) is 24.1. The van der Waals surface area contributed by atoms with Crippen LogP contribution in [0, 0.1) is 11.8 Å². The van der Waals surface area contributed by atoms with Crippen molar-refractivity contribution in [1.29, 1.82) is 0 Å². The van der Waals surface area contributed by atoms with Crippen molar-refractivity contribution in [3.63, 3.8) is 0 Å². The first kappa shape index (κ1) is 16.3. The summed E-state index contributed by atoms with van der Waals surface area (Å²) in [5.74, 6) is -0.936. The lowest BCUT2D eigenvalue weighted by atomic mass is 9.55. The third kappa shape index (κ3) is 1.93. The van der Waals surface area contributed by atoms with Gasteiger partial charge in [0.15, 0.2) is 0 Å². The number of rotatable bonds is 1. The SMILES string of the molecule is O=C1[C@@H]2C3c4ccccc4C(c4ccccc43)[C@H]2C(=O)N1c1cccc(Br)c1. The Morgan fingerprint density at radius 3 is 1.54 bits per heavy atom. The third-order valence-corrected chi connectivity index (χ3v) is 7.01. The van der Waals surface area contributed by atoms with Gasteiger partial charge in [0.2, 0.25) is 11.8 Å². The predicted molar refractivity (Wildman–Crippen MR) is 110 cm³/mol. The van der Waals surface area contributed by atoms with Crippen LogP contribution in [0.1, 0.15) is 34.1 Å². The van der Waals surface area contributed by atoms with E-state index in [4.69, 9.17) is 0 Å². The van der Waals surface area contributed by atoms with Gasteiger partial charge in [-0.05, 0) is 40.5 Å². The number of nitrogens with zero attached hydrogens (tertiary/aromatic N) is 1. The number of benzene rings is 3. The summed E-state index contributed by atoms with van der Waals surface area (Å²) in [5, 5.41) is 0. The van der Waals surface area contributed by atoms with Crippen molar-refractivity contribution in [2.24, 2.45) is 11.8 Å². The number of imide groups is 1. The maximum atomic E-state index is 13.6. The molecule has 7 rings (SSSR count). The summed E-state index contributed by atoms with van der Waals surface area (Å²) < 4.78 is 0.856. The largest absolute Gasteiger partial charge is 0.274 e. The van der Waals surface area contributed by atoms with Gasteiger partial charge in [-0.25, -0.2) is 4.90 Å². The lowest BCUT2D eigenvalue weighted by Gasteiger charge is -2.45. The zero-order valence-corrected chi connectivity index (χ0v) is 16.5. The standard InChI is InChI=1S/C24H16BrNO2/c25-13-6-5-7-14(12-13)26-23(27)21-19-15-8-1-2-9-16(15)20(22(21)24(26)28)18-11-4-3-10-17(18)19/h1-12,19-22H/t19?,20?,21-,22-/m1/s1. The topological polar surface area (TPSA) is 37.4 Å². The van der Waals surface area contributed by atoms with Crippen LogP contribution in [0.2, 0.25) is 0 Å². The first-order valence-corrected chi connectivity index (χ1v) is 10.3. The number of carbonyl (C=O) groups excluding carboxylic acids is 2. The van der Waals surface area contributed by atoms with E-state index in [1.54, 1.807) is 0 Å². The minimum atomic E-state index is -0.332. The molecule has 0 N–H and O–H groups in total. The molecule has 1 aliphatic heterocycles. The van der Waals surface area contributed by atoms with Crippen LogP contribution in [0.15, 0.2) is 77.3 Å². The maximum Gasteiger partial charge on any atom is 0.238 e. The van der Waals surface area contributed by atoms with Crippen LogP contribution >= 0.6 is 15.9 Å². The van der Waals surface area contributed by atoms with Crippen molar-refractivity contribution in [3.8, 4) is 0 Å². The second kappa shape index (κ2) is 5.65. The molecule has 3 aliphatic carbocycles. The molecule has 28 heavy (non-hydrogen) atoms. The van der Waals surface area contributed by atoms with E-state index in [9.17, 15) is 9.59 Å². The number of anilines is 1. The van der Waals surface area contributed by atoms with Crippen LogP contribution in [0.3, 0.4) is 0 Å². The van der Waals surface area contributed by atoms with Crippen molar-refractivity contribution in [1.82, 2.24) is 0 Å². The highest BCUT2D eigenvalue weighted by Crippen LogP contribution is 2.61. The lowest BCUT2D eigenvalue weighted by Crippen LogP contribution is -2.41. The summed E-state index contributed by atoms with van der Waals surface area (Å²) in [7, 11) is 0. The second-order valence-corrected chi connectivity index (χ2v) is 8.67. The smallest absolute Gasteiger partial charge is 0.238 e. The molecule has 2 amide bonds. The van der Waals surface area contributed by atoms with Crippen LogP contribution in [-0.2, 0) is 9.59 Å². The van der Waals surface area contributed by atoms with E-state index in [1.165, 1.54) is 27.2 Å². The summed E-state index contributed by atoms with van der Waals surface area (Å²) in [6.07, 6.45) is 0. The van der Waals surface area contributed by atoms with Gasteiger partial charge < -0.3 is 0 Å². The van der Waals surface area contributed by atoms with Crippen molar-refractivity contribution in [3.05, 3.63) is 99.5 Å². The van der Waals surface area contributed by atoms with Crippen LogP contribution in [0.5, 0.6) is 0 Å². The third-order valence-electron chi connectivity index (χ3n) is 6.51. The molecule has 0 radical (unpaired) electrons. The van der Waals surface area contributed by atoms with E-state index < -0.39 is 0 Å². The molecule has 3 aromatic carbocycles. The van der Waals surface area contributed by atoms with E-state index >= 15 is 0 Å². The van der Waals surface area contributed by atoms with Gasteiger partial charge in [-0.1, -0.05) is 70.5 Å². The van der Waals surface area contributed by atoms with Crippen molar-refractivity contribution in [2.75, 3.05) is 4.90 Å². The highest BCUT2D eigenvalue weighted by atomic mass is 79.9. The van der Waals surface area contributed by atoms with Gasteiger partial charge in [0.1, 0.15) is 0 Å². The average molecular weight is 430 g/mol. The molecule has 1 saturated heterocycles. The molecule has 0 unspecified atom stereocenters. The van der Waals surface area contributed by atoms with Gasteiger partial charge in [0.25, 0.3) is 0 Å². The number of carbonyl (C=O) groups is 2. The molecule has 2 atom stereocenters. The summed E-state index contributed by atoms with van der Waals surface area (Å²) in [5.41, 5.74) is 5.44. The zero-order valence-electron chi connectivity index (χ0n) is 14.9. The number of amides is 2. The molecule has 136 valence electrons. The molecule has 0 saturated carbocycles. The molecule has 1 fully saturated rings. The first-order valence-electron chi connectivity index (χ1n) is 9.48. The van der Waals surface area contributed by atoms with Crippen molar-refractivity contribution in [2.45, 2.75) is 11.8 Å². The molecular formula is C24H16BrNO2. The van der Waals surface area contributed by atoms with Crippen LogP contribution in [0.25, 0.3) is 0 Å². The fraction of sp³-hybridized carbons (Fsp3) is 0.167. The number of hydrogen-bond acceptors (Lipinski definition) is 2. The van der Waals surface area contributed by atoms with Crippen molar-refractivity contribution < 1.29 is 9.59 Å². The van der Waals surface area contributed by atoms with Gasteiger partial charge in [-0.15, -0.1) is 0 Å². The Morgan fingerprint density at radius 2 is 1.11 bits per heavy atom. The fourth-order valence-corrected chi connectivity index (χ4v) is 5.93. The molecule has 0 spiro atoms. The molecule has 4 aliphatic rings. The van der Waals surface area contributed by atoms with Crippen molar-refractivity contribution >= 4 is 33.4 Å². The minimum absolute atomic E-state index is 0.0593. The monoisotopic (exact) mass is 429 g/mol. The molecule has 0 aromatic heterocycles. The van der Waals surface area contributed by atoms with E-state index in [0.717, 1.165) is 4.47 Å². The van der Waals surface area contributed by atoms with Gasteiger partial charge >= 0.3 is 0 Å². The van der Waals surface area contributed by atoms with E-state index in [-0.39, 0.29) is 35.5 Å². The molecule has 3 aromatic rings. The van der Waals surface area contributed by atoms with E-state index in [2.05, 4.69) is 40.2 Å². The molecule has 2 bridgehead atoms. The maximum absolute atomic E-state index is 13.6. The van der Waals surface area contributed by atoms with E-state index in [1.807, 2.05) is 48.5 Å². The first-order chi connectivity index (χ1) is 13.7. The van der Waals surface area contributed by atoms with Gasteiger partial charge in [-0.2, -0.15) is 0 Å². The number of halogens is 1. The number of hydrogen-bond donors (Lipinski definition) is 0. The van der Waals surface area contributed by atoms with Crippen LogP contribution in [-0.4, -0.2) is 11.8 Å². The molecular weight excluding hydrogens is 414 g/mol. The highest BCUT2D eigenvalue weighted by Gasteiger charge is 2.61. The highest BCUT2D eigenvalue weighted by molar-refractivity contribution is 9.10. The average Bonchev–Trinajstić information content (AvgIpc) is 2.99. The fourth-order valence-electron chi connectivity index (χ4n) is 5.55. The Morgan fingerprint density at radius 1 is 0.643 bits per heavy atom. The van der Waals surface area contributed by atoms with E-state index in [0.29, 0.717) is 5.69 Å². The molecule has 3 nitrogen and oxygen atoms in total. The second-order valence-electron chi connectivity index (χ2n) is 7.76. The summed E-state index contributed by atoms with van der Waals surface area (Å²) in [6.45, 7) is 0. The van der Waals surface area contributed by atoms with Crippen LogP contribution in [0.4, 0.5) is 5.69 Å². The Hall–Kier alpha value is -2.72. The Kier molecular flexibility index (Phi) is 3.28. The predicted octanol–water partition coefficient (Wildman–Crippen LogP) is 4.85. The van der Waals surface area contributed by atoms with Gasteiger partial charge in [0.05, 0.1) is 17.5 Å². The normalized spacial score (nSPS) is 26.8. The Bertz CT molecular complexity index is 1060.